The van der Waals surface area contributed by atoms with Crippen LogP contribution in [0.15, 0.2) is 59.5 Å². The quantitative estimate of drug-likeness (QED) is 0.892. The lowest BCUT2D eigenvalue weighted by Gasteiger charge is -2.14. The molecule has 0 aromatic heterocycles. The number of hydrogen-bond acceptors (Lipinski definition) is 3. The van der Waals surface area contributed by atoms with Gasteiger partial charge in [-0.05, 0) is 23.6 Å². The maximum Gasteiger partial charge on any atom is 0.228 e. The van der Waals surface area contributed by atoms with Gasteiger partial charge in [0.25, 0.3) is 0 Å². The van der Waals surface area contributed by atoms with Crippen LogP contribution in [0, 0.1) is 0 Å². The van der Waals surface area contributed by atoms with Crippen LogP contribution in [0.4, 0.5) is 0 Å². The predicted octanol–water partition coefficient (Wildman–Crippen LogP) is 3.12. The number of benzene rings is 2. The largest absolute Gasteiger partial charge is 0.388 e. The summed E-state index contributed by atoms with van der Waals surface area (Å²) in [4.78, 5) is 13.5. The van der Waals surface area contributed by atoms with Gasteiger partial charge in [0.15, 0.2) is 0 Å². The maximum atomic E-state index is 12.3. The van der Waals surface area contributed by atoms with Gasteiger partial charge in [0, 0.05) is 17.2 Å². The molecule has 0 saturated carbocycles. The Morgan fingerprint density at radius 2 is 1.91 bits per heavy atom. The molecule has 0 fully saturated rings. The fourth-order valence-corrected chi connectivity index (χ4v) is 3.91. The average Bonchev–Trinajstić information content (AvgIpc) is 2.99. The molecule has 1 amide bonds. The Kier molecular flexibility index (Phi) is 4.80. The van der Waals surface area contributed by atoms with E-state index >= 15 is 0 Å². The van der Waals surface area contributed by atoms with Gasteiger partial charge in [-0.1, -0.05) is 48.5 Å². The van der Waals surface area contributed by atoms with Gasteiger partial charge in [-0.2, -0.15) is 0 Å². The zero-order chi connectivity index (χ0) is 15.4. The molecule has 4 heteroatoms. The zero-order valence-electron chi connectivity index (χ0n) is 12.2. The maximum absolute atomic E-state index is 12.3. The van der Waals surface area contributed by atoms with Crippen LogP contribution in [0.3, 0.4) is 0 Å². The van der Waals surface area contributed by atoms with Crippen molar-refractivity contribution >= 4 is 17.7 Å². The molecule has 2 unspecified atom stereocenters. The standard InChI is InChI=1S/C18H19NO2S/c20-16(13-6-2-1-3-7-13)10-11-19-18(21)15-12-22-17-9-5-4-8-14(15)17/h1-9,15-16,20H,10-12H2,(H,19,21). The Labute approximate surface area is 134 Å². The van der Waals surface area contributed by atoms with Crippen LogP contribution in [0.1, 0.15) is 29.6 Å². The summed E-state index contributed by atoms with van der Waals surface area (Å²) < 4.78 is 0. The molecule has 2 atom stereocenters. The van der Waals surface area contributed by atoms with Crippen LogP contribution in [0.25, 0.3) is 0 Å². The highest BCUT2D eigenvalue weighted by molar-refractivity contribution is 7.99. The Bertz CT molecular complexity index is 645. The predicted molar refractivity (Wildman–Crippen MR) is 88.9 cm³/mol. The summed E-state index contributed by atoms with van der Waals surface area (Å²) >= 11 is 1.73. The van der Waals surface area contributed by atoms with Crippen LogP contribution in [0.5, 0.6) is 0 Å². The molecular weight excluding hydrogens is 294 g/mol. The molecule has 0 saturated heterocycles. The lowest BCUT2D eigenvalue weighted by atomic mass is 10.0. The summed E-state index contributed by atoms with van der Waals surface area (Å²) in [5, 5.41) is 13.1. The first-order chi connectivity index (χ1) is 10.8. The average molecular weight is 313 g/mol. The van der Waals surface area contributed by atoms with Gasteiger partial charge in [0.1, 0.15) is 0 Å². The number of carbonyl (C=O) groups is 1. The molecule has 1 aliphatic heterocycles. The molecule has 0 bridgehead atoms. The van der Waals surface area contributed by atoms with E-state index in [2.05, 4.69) is 11.4 Å². The van der Waals surface area contributed by atoms with Crippen LogP contribution < -0.4 is 5.32 Å². The Hall–Kier alpha value is -1.78. The van der Waals surface area contributed by atoms with Gasteiger partial charge in [0.05, 0.1) is 12.0 Å². The van der Waals surface area contributed by atoms with Gasteiger partial charge in [-0.15, -0.1) is 11.8 Å². The fraction of sp³-hybridized carbons (Fsp3) is 0.278. The summed E-state index contributed by atoms with van der Waals surface area (Å²) in [5.41, 5.74) is 2.01. The normalized spacial score (nSPS) is 17.8. The molecule has 3 nitrogen and oxygen atoms in total. The van der Waals surface area contributed by atoms with Gasteiger partial charge >= 0.3 is 0 Å². The number of carbonyl (C=O) groups excluding carboxylic acids is 1. The smallest absolute Gasteiger partial charge is 0.228 e. The number of fused-ring (bicyclic) bond motifs is 1. The highest BCUT2D eigenvalue weighted by Gasteiger charge is 2.28. The molecule has 1 heterocycles. The first-order valence-electron chi connectivity index (χ1n) is 7.48. The van der Waals surface area contributed by atoms with Gasteiger partial charge < -0.3 is 10.4 Å². The molecule has 2 aromatic rings. The number of nitrogens with one attached hydrogen (secondary N) is 1. The third-order valence-electron chi connectivity index (χ3n) is 3.92. The van der Waals surface area contributed by atoms with Crippen molar-refractivity contribution in [1.29, 1.82) is 0 Å². The van der Waals surface area contributed by atoms with E-state index in [1.165, 1.54) is 4.90 Å². The van der Waals surface area contributed by atoms with E-state index in [-0.39, 0.29) is 11.8 Å². The van der Waals surface area contributed by atoms with Crippen molar-refractivity contribution in [2.24, 2.45) is 0 Å². The summed E-state index contributed by atoms with van der Waals surface area (Å²) in [6.45, 7) is 0.484. The van der Waals surface area contributed by atoms with Crippen molar-refractivity contribution in [3.05, 3.63) is 65.7 Å². The second-order valence-electron chi connectivity index (χ2n) is 5.41. The van der Waals surface area contributed by atoms with Crippen molar-refractivity contribution in [2.75, 3.05) is 12.3 Å². The minimum absolute atomic E-state index is 0.0534. The number of rotatable bonds is 5. The first kappa shape index (κ1) is 15.1. The van der Waals surface area contributed by atoms with Gasteiger partial charge in [-0.25, -0.2) is 0 Å². The molecular formula is C18H19NO2S. The fourth-order valence-electron chi connectivity index (χ4n) is 2.68. The number of aliphatic hydroxyl groups is 1. The van der Waals surface area contributed by atoms with E-state index in [0.717, 1.165) is 16.9 Å². The molecule has 3 rings (SSSR count). The van der Waals surface area contributed by atoms with Crippen LogP contribution >= 0.6 is 11.8 Å². The molecule has 0 spiro atoms. The molecule has 22 heavy (non-hydrogen) atoms. The van der Waals surface area contributed by atoms with Crippen molar-refractivity contribution in [2.45, 2.75) is 23.3 Å². The Morgan fingerprint density at radius 1 is 1.18 bits per heavy atom. The topological polar surface area (TPSA) is 49.3 Å². The SMILES string of the molecule is O=C(NCCC(O)c1ccccc1)C1CSc2ccccc21. The number of hydrogen-bond donors (Lipinski definition) is 2. The molecule has 0 radical (unpaired) electrons. The van der Waals surface area contributed by atoms with Crippen molar-refractivity contribution in [3.63, 3.8) is 0 Å². The highest BCUT2D eigenvalue weighted by atomic mass is 32.2. The second kappa shape index (κ2) is 6.99. The lowest BCUT2D eigenvalue weighted by molar-refractivity contribution is -0.122. The Balaban J connectivity index is 1.51. The minimum Gasteiger partial charge on any atom is -0.388 e. The van der Waals surface area contributed by atoms with Crippen molar-refractivity contribution < 1.29 is 9.90 Å². The molecule has 0 aliphatic carbocycles. The third kappa shape index (κ3) is 3.34. The van der Waals surface area contributed by atoms with E-state index in [0.29, 0.717) is 13.0 Å². The Morgan fingerprint density at radius 3 is 2.73 bits per heavy atom. The van der Waals surface area contributed by atoms with Crippen molar-refractivity contribution in [3.8, 4) is 0 Å². The van der Waals surface area contributed by atoms with Gasteiger partial charge in [0.2, 0.25) is 5.91 Å². The van der Waals surface area contributed by atoms with E-state index in [9.17, 15) is 9.90 Å². The summed E-state index contributed by atoms with van der Waals surface area (Å²) in [6, 6.07) is 17.6. The summed E-state index contributed by atoms with van der Waals surface area (Å²) in [6.07, 6.45) is -0.0104. The van der Waals surface area contributed by atoms with Crippen LogP contribution in [-0.4, -0.2) is 23.3 Å². The van der Waals surface area contributed by atoms with Gasteiger partial charge in [-0.3, -0.25) is 4.79 Å². The molecule has 2 aromatic carbocycles. The zero-order valence-corrected chi connectivity index (χ0v) is 13.1. The monoisotopic (exact) mass is 313 g/mol. The van der Waals surface area contributed by atoms with E-state index in [4.69, 9.17) is 0 Å². The van der Waals surface area contributed by atoms with E-state index in [1.54, 1.807) is 11.8 Å². The first-order valence-corrected chi connectivity index (χ1v) is 8.46. The number of thioether (sulfide) groups is 1. The highest BCUT2D eigenvalue weighted by Crippen LogP contribution is 2.39. The van der Waals surface area contributed by atoms with E-state index in [1.807, 2.05) is 48.5 Å². The second-order valence-corrected chi connectivity index (χ2v) is 6.47. The lowest BCUT2D eigenvalue weighted by Crippen LogP contribution is -2.31. The third-order valence-corrected chi connectivity index (χ3v) is 5.10. The van der Waals surface area contributed by atoms with Crippen molar-refractivity contribution in [1.82, 2.24) is 5.32 Å². The molecule has 114 valence electrons. The number of amides is 1. The van der Waals surface area contributed by atoms with E-state index < -0.39 is 6.10 Å². The summed E-state index contributed by atoms with van der Waals surface area (Å²) in [7, 11) is 0. The minimum atomic E-state index is -0.535. The van der Waals surface area contributed by atoms with Crippen LogP contribution in [0.2, 0.25) is 0 Å². The summed E-state index contributed by atoms with van der Waals surface area (Å²) in [5.74, 6) is 0.777. The molecule has 1 aliphatic rings. The number of aliphatic hydroxyl groups excluding tert-OH is 1. The van der Waals surface area contributed by atoms with Crippen LogP contribution in [-0.2, 0) is 4.79 Å². The molecule has 2 N–H and O–H groups in total.